The van der Waals surface area contributed by atoms with Crippen LogP contribution < -0.4 is 4.90 Å². The molecule has 0 spiro atoms. The largest absolute Gasteiger partial charge is 0.338 e. The molecule has 0 aromatic heterocycles. The van der Waals surface area contributed by atoms with E-state index in [1.54, 1.807) is 34.1 Å². The SMILES string of the molecule is O=C(C1=CN(c2ccccc2)c2ccccc2S1(=O)=O)N1CCCC1. The number of hydrogen-bond donors (Lipinski definition) is 0. The second-order valence-corrected chi connectivity index (χ2v) is 8.06. The van der Waals surface area contributed by atoms with Gasteiger partial charge in [0.1, 0.15) is 0 Å². The number of hydrogen-bond acceptors (Lipinski definition) is 4. The molecule has 0 atom stereocenters. The monoisotopic (exact) mass is 354 g/mol. The first-order valence-electron chi connectivity index (χ1n) is 8.28. The third-order valence-electron chi connectivity index (χ3n) is 4.59. The fraction of sp³-hybridized carbons (Fsp3) is 0.211. The Kier molecular flexibility index (Phi) is 3.84. The summed E-state index contributed by atoms with van der Waals surface area (Å²) in [6, 6.07) is 16.3. The standard InChI is InChI=1S/C19H18N2O3S/c22-19(20-12-6-7-13-20)18-14-21(15-8-2-1-3-9-15)16-10-4-5-11-17(16)25(18,23)24/h1-5,8-11,14H,6-7,12-13H2. The van der Waals surface area contributed by atoms with E-state index in [2.05, 4.69) is 0 Å². The number of carbonyl (C=O) groups is 1. The van der Waals surface area contributed by atoms with Crippen LogP contribution in [-0.2, 0) is 14.6 Å². The Morgan fingerprint density at radius 3 is 2.24 bits per heavy atom. The molecule has 4 rings (SSSR count). The fourth-order valence-electron chi connectivity index (χ4n) is 3.31. The Bertz CT molecular complexity index is 946. The molecule has 25 heavy (non-hydrogen) atoms. The van der Waals surface area contributed by atoms with Crippen LogP contribution in [0.2, 0.25) is 0 Å². The zero-order valence-electron chi connectivity index (χ0n) is 13.6. The average molecular weight is 354 g/mol. The van der Waals surface area contributed by atoms with E-state index in [1.807, 2.05) is 30.3 Å². The number of benzene rings is 2. The highest BCUT2D eigenvalue weighted by Gasteiger charge is 2.38. The van der Waals surface area contributed by atoms with Crippen LogP contribution in [0.3, 0.4) is 0 Å². The molecule has 1 saturated heterocycles. The van der Waals surface area contributed by atoms with Crippen LogP contribution in [0.1, 0.15) is 12.8 Å². The first kappa shape index (κ1) is 15.9. The maximum absolute atomic E-state index is 13.0. The number of fused-ring (bicyclic) bond motifs is 1. The van der Waals surface area contributed by atoms with E-state index in [4.69, 9.17) is 0 Å². The molecule has 1 fully saturated rings. The number of carbonyl (C=O) groups excluding carboxylic acids is 1. The van der Waals surface area contributed by atoms with E-state index in [1.165, 1.54) is 6.20 Å². The molecule has 2 aliphatic rings. The first-order chi connectivity index (χ1) is 12.1. The summed E-state index contributed by atoms with van der Waals surface area (Å²) in [5.41, 5.74) is 1.38. The van der Waals surface area contributed by atoms with E-state index < -0.39 is 15.7 Å². The molecule has 2 aromatic carbocycles. The number of sulfone groups is 1. The van der Waals surface area contributed by atoms with Crippen molar-refractivity contribution in [2.45, 2.75) is 17.7 Å². The molecule has 6 heteroatoms. The molecule has 0 bridgehead atoms. The van der Waals surface area contributed by atoms with Crippen LogP contribution >= 0.6 is 0 Å². The molecule has 0 saturated carbocycles. The minimum atomic E-state index is -3.83. The van der Waals surface area contributed by atoms with Crippen molar-refractivity contribution in [2.75, 3.05) is 18.0 Å². The molecule has 5 nitrogen and oxygen atoms in total. The van der Waals surface area contributed by atoms with Gasteiger partial charge in [0.05, 0.1) is 10.6 Å². The van der Waals surface area contributed by atoms with Crippen molar-refractivity contribution in [1.29, 1.82) is 0 Å². The van der Waals surface area contributed by atoms with Crippen molar-refractivity contribution in [2.24, 2.45) is 0 Å². The molecule has 2 aliphatic heterocycles. The number of likely N-dealkylation sites (tertiary alicyclic amines) is 1. The first-order valence-corrected chi connectivity index (χ1v) is 9.77. The van der Waals surface area contributed by atoms with Crippen molar-refractivity contribution in [3.8, 4) is 0 Å². The van der Waals surface area contributed by atoms with Gasteiger partial charge in [-0.1, -0.05) is 30.3 Å². The Morgan fingerprint density at radius 1 is 0.880 bits per heavy atom. The van der Waals surface area contributed by atoms with Crippen molar-refractivity contribution >= 4 is 27.1 Å². The molecule has 0 aliphatic carbocycles. The molecule has 1 amide bonds. The summed E-state index contributed by atoms with van der Waals surface area (Å²) in [5, 5.41) is 0. The Hall–Kier alpha value is -2.60. The molecule has 0 N–H and O–H groups in total. The molecule has 2 aromatic rings. The quantitative estimate of drug-likeness (QED) is 0.832. The minimum Gasteiger partial charge on any atom is -0.338 e. The maximum atomic E-state index is 13.0. The lowest BCUT2D eigenvalue weighted by molar-refractivity contribution is -0.125. The topological polar surface area (TPSA) is 57.7 Å². The van der Waals surface area contributed by atoms with Gasteiger partial charge in [-0.2, -0.15) is 0 Å². The Morgan fingerprint density at radius 2 is 1.52 bits per heavy atom. The minimum absolute atomic E-state index is 0.156. The van der Waals surface area contributed by atoms with Crippen molar-refractivity contribution in [3.05, 3.63) is 65.7 Å². The highest BCUT2D eigenvalue weighted by Crippen LogP contribution is 2.39. The second-order valence-electron chi connectivity index (χ2n) is 6.17. The van der Waals surface area contributed by atoms with Crippen LogP contribution in [0.4, 0.5) is 11.4 Å². The zero-order chi connectivity index (χ0) is 17.4. The third kappa shape index (κ3) is 2.62. The summed E-state index contributed by atoms with van der Waals surface area (Å²) in [6.07, 6.45) is 3.30. The molecule has 0 radical (unpaired) electrons. The predicted molar refractivity (Wildman–Crippen MR) is 96.1 cm³/mol. The number of nitrogens with zero attached hydrogens (tertiary/aromatic N) is 2. The Balaban J connectivity index is 1.88. The van der Waals surface area contributed by atoms with Crippen LogP contribution in [0, 0.1) is 0 Å². The average Bonchev–Trinajstić information content (AvgIpc) is 3.17. The van der Waals surface area contributed by atoms with Gasteiger partial charge in [0.25, 0.3) is 5.91 Å². The summed E-state index contributed by atoms with van der Waals surface area (Å²) >= 11 is 0. The molecular formula is C19H18N2O3S. The highest BCUT2D eigenvalue weighted by molar-refractivity contribution is 7.96. The molecule has 0 unspecified atom stereocenters. The molecule has 128 valence electrons. The van der Waals surface area contributed by atoms with Gasteiger partial charge in [0.2, 0.25) is 9.84 Å². The van der Waals surface area contributed by atoms with Gasteiger partial charge in [0, 0.05) is 25.0 Å². The predicted octanol–water partition coefficient (Wildman–Crippen LogP) is 3.08. The van der Waals surface area contributed by atoms with Crippen LogP contribution in [0.5, 0.6) is 0 Å². The van der Waals surface area contributed by atoms with Gasteiger partial charge in [-0.05, 0) is 37.1 Å². The maximum Gasteiger partial charge on any atom is 0.267 e. The Labute approximate surface area is 147 Å². The van der Waals surface area contributed by atoms with Gasteiger partial charge in [-0.25, -0.2) is 8.42 Å². The summed E-state index contributed by atoms with van der Waals surface area (Å²) in [4.78, 5) is 16.3. The number of amides is 1. The highest BCUT2D eigenvalue weighted by atomic mass is 32.2. The number of rotatable bonds is 2. The smallest absolute Gasteiger partial charge is 0.267 e. The van der Waals surface area contributed by atoms with Gasteiger partial charge < -0.3 is 9.80 Å². The van der Waals surface area contributed by atoms with E-state index in [-0.39, 0.29) is 9.80 Å². The van der Waals surface area contributed by atoms with Gasteiger partial charge >= 0.3 is 0 Å². The van der Waals surface area contributed by atoms with Gasteiger partial charge in [-0.3, -0.25) is 4.79 Å². The van der Waals surface area contributed by atoms with E-state index >= 15 is 0 Å². The normalized spacial score (nSPS) is 18.6. The zero-order valence-corrected chi connectivity index (χ0v) is 14.4. The van der Waals surface area contributed by atoms with E-state index in [0.717, 1.165) is 18.5 Å². The van der Waals surface area contributed by atoms with Crippen LogP contribution in [0.15, 0.2) is 70.6 Å². The number of anilines is 2. The summed E-state index contributed by atoms with van der Waals surface area (Å²) in [7, 11) is -3.83. The third-order valence-corrected chi connectivity index (χ3v) is 6.37. The van der Waals surface area contributed by atoms with Crippen molar-refractivity contribution in [3.63, 3.8) is 0 Å². The lowest BCUT2D eigenvalue weighted by Crippen LogP contribution is -2.35. The van der Waals surface area contributed by atoms with Crippen molar-refractivity contribution < 1.29 is 13.2 Å². The van der Waals surface area contributed by atoms with Crippen LogP contribution in [-0.4, -0.2) is 32.3 Å². The molecular weight excluding hydrogens is 336 g/mol. The van der Waals surface area contributed by atoms with Gasteiger partial charge in [-0.15, -0.1) is 0 Å². The fourth-order valence-corrected chi connectivity index (χ4v) is 4.85. The van der Waals surface area contributed by atoms with E-state index in [0.29, 0.717) is 18.8 Å². The van der Waals surface area contributed by atoms with Crippen LogP contribution in [0.25, 0.3) is 0 Å². The number of para-hydroxylation sites is 2. The second kappa shape index (κ2) is 6.04. The lowest BCUT2D eigenvalue weighted by atomic mass is 10.2. The molecule has 2 heterocycles. The lowest BCUT2D eigenvalue weighted by Gasteiger charge is -2.30. The van der Waals surface area contributed by atoms with Crippen molar-refractivity contribution in [1.82, 2.24) is 4.90 Å². The summed E-state index contributed by atoms with van der Waals surface area (Å²) in [5.74, 6) is -0.409. The summed E-state index contributed by atoms with van der Waals surface area (Å²) < 4.78 is 26.1. The van der Waals surface area contributed by atoms with E-state index in [9.17, 15) is 13.2 Å². The summed E-state index contributed by atoms with van der Waals surface area (Å²) in [6.45, 7) is 1.22. The van der Waals surface area contributed by atoms with Gasteiger partial charge in [0.15, 0.2) is 4.91 Å².